The molecule has 1 atom stereocenters. The van der Waals surface area contributed by atoms with E-state index in [1.165, 1.54) is 0 Å². The molecule has 2 aromatic rings. The molecule has 1 aliphatic heterocycles. The van der Waals surface area contributed by atoms with Gasteiger partial charge in [0, 0.05) is 24.8 Å². The first-order valence-corrected chi connectivity index (χ1v) is 5.94. The van der Waals surface area contributed by atoms with Crippen molar-refractivity contribution in [3.63, 3.8) is 0 Å². The lowest BCUT2D eigenvalue weighted by Crippen LogP contribution is -2.29. The normalized spacial score (nSPS) is 19.7. The number of pyridine rings is 1. The standard InChI is InChI=1S/C12H14N4O2/c1-8-13-14-11-6-9(2-5-16(8)11)12(18)15-4-3-10(17)7-15/h2,5-6,10,17H,3-4,7H2,1H3. The van der Waals surface area contributed by atoms with E-state index in [1.54, 1.807) is 23.2 Å². The molecular weight excluding hydrogens is 232 g/mol. The summed E-state index contributed by atoms with van der Waals surface area (Å²) >= 11 is 0. The minimum atomic E-state index is -0.395. The van der Waals surface area contributed by atoms with Crippen LogP contribution in [0.25, 0.3) is 5.65 Å². The lowest BCUT2D eigenvalue weighted by Gasteiger charge is -2.15. The molecule has 0 saturated carbocycles. The van der Waals surface area contributed by atoms with Gasteiger partial charge in [-0.3, -0.25) is 9.20 Å². The Hall–Kier alpha value is -1.95. The number of hydrogen-bond acceptors (Lipinski definition) is 4. The number of likely N-dealkylation sites (tertiary alicyclic amines) is 1. The minimum Gasteiger partial charge on any atom is -0.391 e. The first kappa shape index (κ1) is 11.2. The Balaban J connectivity index is 1.92. The average Bonchev–Trinajstić information content (AvgIpc) is 2.95. The smallest absolute Gasteiger partial charge is 0.254 e. The monoisotopic (exact) mass is 246 g/mol. The molecule has 0 spiro atoms. The van der Waals surface area contributed by atoms with E-state index in [1.807, 2.05) is 11.3 Å². The first-order chi connectivity index (χ1) is 8.65. The number of carbonyl (C=O) groups is 1. The molecule has 18 heavy (non-hydrogen) atoms. The third-order valence-corrected chi connectivity index (χ3v) is 3.28. The lowest BCUT2D eigenvalue weighted by atomic mass is 10.2. The number of aryl methyl sites for hydroxylation is 1. The van der Waals surface area contributed by atoms with Crippen molar-refractivity contribution in [2.45, 2.75) is 19.4 Å². The lowest BCUT2D eigenvalue weighted by molar-refractivity contribution is 0.0765. The van der Waals surface area contributed by atoms with Crippen molar-refractivity contribution in [3.05, 3.63) is 29.7 Å². The number of aliphatic hydroxyl groups is 1. The van der Waals surface area contributed by atoms with Crippen LogP contribution in [0.1, 0.15) is 22.6 Å². The topological polar surface area (TPSA) is 70.7 Å². The maximum absolute atomic E-state index is 12.2. The van der Waals surface area contributed by atoms with Crippen molar-refractivity contribution in [1.82, 2.24) is 19.5 Å². The van der Waals surface area contributed by atoms with Gasteiger partial charge in [-0.25, -0.2) is 0 Å². The molecule has 1 saturated heterocycles. The Morgan fingerprint density at radius 1 is 1.50 bits per heavy atom. The molecule has 2 aromatic heterocycles. The summed E-state index contributed by atoms with van der Waals surface area (Å²) in [4.78, 5) is 13.9. The van der Waals surface area contributed by atoms with E-state index < -0.39 is 6.10 Å². The summed E-state index contributed by atoms with van der Waals surface area (Å²) in [7, 11) is 0. The molecule has 1 fully saturated rings. The van der Waals surface area contributed by atoms with Crippen LogP contribution in [-0.4, -0.2) is 49.7 Å². The van der Waals surface area contributed by atoms with E-state index >= 15 is 0 Å². The fourth-order valence-corrected chi connectivity index (χ4v) is 2.25. The number of aliphatic hydroxyl groups excluding tert-OH is 1. The van der Waals surface area contributed by atoms with Crippen LogP contribution in [0.3, 0.4) is 0 Å². The van der Waals surface area contributed by atoms with Gasteiger partial charge in [-0.2, -0.15) is 0 Å². The third-order valence-electron chi connectivity index (χ3n) is 3.28. The van der Waals surface area contributed by atoms with Crippen LogP contribution in [0.4, 0.5) is 0 Å². The second-order valence-corrected chi connectivity index (χ2v) is 4.58. The van der Waals surface area contributed by atoms with Crippen LogP contribution in [-0.2, 0) is 0 Å². The zero-order valence-corrected chi connectivity index (χ0v) is 10.1. The summed E-state index contributed by atoms with van der Waals surface area (Å²) in [5, 5.41) is 17.4. The molecular formula is C12H14N4O2. The van der Waals surface area contributed by atoms with Gasteiger partial charge in [0.25, 0.3) is 5.91 Å². The molecule has 3 heterocycles. The fraction of sp³-hybridized carbons (Fsp3) is 0.417. The highest BCUT2D eigenvalue weighted by atomic mass is 16.3. The molecule has 0 aliphatic carbocycles. The Kier molecular flexibility index (Phi) is 2.52. The van der Waals surface area contributed by atoms with Crippen LogP contribution in [0, 0.1) is 6.92 Å². The SMILES string of the molecule is Cc1nnc2cc(C(=O)N3CCC(O)C3)ccn12. The van der Waals surface area contributed by atoms with E-state index in [-0.39, 0.29) is 5.91 Å². The number of β-amino-alcohol motifs (C(OH)–C–C–N with tert-alkyl or cyclic N) is 1. The number of aromatic nitrogens is 3. The molecule has 3 rings (SSSR count). The van der Waals surface area contributed by atoms with Crippen molar-refractivity contribution in [1.29, 1.82) is 0 Å². The Bertz CT molecular complexity index is 607. The van der Waals surface area contributed by atoms with Gasteiger partial charge >= 0.3 is 0 Å². The predicted molar refractivity (Wildman–Crippen MR) is 64.3 cm³/mol. The molecule has 1 N–H and O–H groups in total. The van der Waals surface area contributed by atoms with Crippen LogP contribution >= 0.6 is 0 Å². The molecule has 6 nitrogen and oxygen atoms in total. The van der Waals surface area contributed by atoms with E-state index in [4.69, 9.17) is 0 Å². The number of fused-ring (bicyclic) bond motifs is 1. The highest BCUT2D eigenvalue weighted by molar-refractivity contribution is 5.95. The maximum atomic E-state index is 12.2. The van der Waals surface area contributed by atoms with E-state index in [9.17, 15) is 9.90 Å². The summed E-state index contributed by atoms with van der Waals surface area (Å²) < 4.78 is 1.83. The number of hydrogen-bond donors (Lipinski definition) is 1. The zero-order chi connectivity index (χ0) is 12.7. The number of nitrogens with zero attached hydrogens (tertiary/aromatic N) is 4. The highest BCUT2D eigenvalue weighted by Gasteiger charge is 2.25. The molecule has 0 aromatic carbocycles. The van der Waals surface area contributed by atoms with Gasteiger partial charge in [-0.15, -0.1) is 10.2 Å². The second-order valence-electron chi connectivity index (χ2n) is 4.58. The second kappa shape index (κ2) is 4.06. The number of rotatable bonds is 1. The molecule has 6 heteroatoms. The molecule has 1 amide bonds. The largest absolute Gasteiger partial charge is 0.391 e. The summed E-state index contributed by atoms with van der Waals surface area (Å²) in [6.45, 7) is 2.88. The molecule has 94 valence electrons. The van der Waals surface area contributed by atoms with Crippen LogP contribution in [0.5, 0.6) is 0 Å². The van der Waals surface area contributed by atoms with Crippen LogP contribution < -0.4 is 0 Å². The minimum absolute atomic E-state index is 0.0605. The van der Waals surface area contributed by atoms with E-state index in [2.05, 4.69) is 10.2 Å². The van der Waals surface area contributed by atoms with Crippen molar-refractivity contribution in [2.24, 2.45) is 0 Å². The van der Waals surface area contributed by atoms with E-state index in [0.29, 0.717) is 30.7 Å². The van der Waals surface area contributed by atoms with Gasteiger partial charge in [-0.1, -0.05) is 0 Å². The van der Waals surface area contributed by atoms with Gasteiger partial charge in [0.05, 0.1) is 6.10 Å². The van der Waals surface area contributed by atoms with Crippen molar-refractivity contribution in [2.75, 3.05) is 13.1 Å². The van der Waals surface area contributed by atoms with Gasteiger partial charge < -0.3 is 10.0 Å². The molecule has 1 aliphatic rings. The summed E-state index contributed by atoms with van der Waals surface area (Å²) in [6.07, 6.45) is 2.05. The number of carbonyl (C=O) groups excluding carboxylic acids is 1. The quantitative estimate of drug-likeness (QED) is 0.782. The molecule has 0 bridgehead atoms. The zero-order valence-electron chi connectivity index (χ0n) is 10.1. The van der Waals surface area contributed by atoms with Crippen molar-refractivity contribution < 1.29 is 9.90 Å². The Morgan fingerprint density at radius 2 is 2.33 bits per heavy atom. The van der Waals surface area contributed by atoms with Gasteiger partial charge in [0.2, 0.25) is 0 Å². The third kappa shape index (κ3) is 1.74. The summed E-state index contributed by atoms with van der Waals surface area (Å²) in [5.41, 5.74) is 1.25. The Morgan fingerprint density at radius 3 is 3.06 bits per heavy atom. The Labute approximate surface area is 104 Å². The van der Waals surface area contributed by atoms with Crippen molar-refractivity contribution >= 4 is 11.6 Å². The van der Waals surface area contributed by atoms with Gasteiger partial charge in [0.1, 0.15) is 5.82 Å². The van der Waals surface area contributed by atoms with Crippen LogP contribution in [0.2, 0.25) is 0 Å². The van der Waals surface area contributed by atoms with E-state index in [0.717, 1.165) is 5.82 Å². The van der Waals surface area contributed by atoms with Gasteiger partial charge in [0.15, 0.2) is 5.65 Å². The summed E-state index contributed by atoms with van der Waals surface area (Å²) in [5.74, 6) is 0.732. The molecule has 0 radical (unpaired) electrons. The number of amides is 1. The first-order valence-electron chi connectivity index (χ1n) is 5.94. The molecule has 1 unspecified atom stereocenters. The van der Waals surface area contributed by atoms with Gasteiger partial charge in [-0.05, 0) is 25.5 Å². The maximum Gasteiger partial charge on any atom is 0.254 e. The summed E-state index contributed by atoms with van der Waals surface area (Å²) in [6, 6.07) is 3.49. The van der Waals surface area contributed by atoms with Crippen molar-refractivity contribution in [3.8, 4) is 0 Å². The van der Waals surface area contributed by atoms with Crippen LogP contribution in [0.15, 0.2) is 18.3 Å². The fourth-order valence-electron chi connectivity index (χ4n) is 2.25. The predicted octanol–water partition coefficient (Wildman–Crippen LogP) is 0.245. The highest BCUT2D eigenvalue weighted by Crippen LogP contribution is 2.15. The average molecular weight is 246 g/mol.